The number of sulfonamides is 1. The third-order valence-corrected chi connectivity index (χ3v) is 5.70. The molecule has 0 aliphatic carbocycles. The average molecular weight is 348 g/mol. The molecule has 7 nitrogen and oxygen atoms in total. The van der Waals surface area contributed by atoms with Gasteiger partial charge in [-0.1, -0.05) is 24.6 Å². The molecule has 1 saturated heterocycles. The lowest BCUT2D eigenvalue weighted by molar-refractivity contribution is -0.116. The Labute approximate surface area is 141 Å². The van der Waals surface area contributed by atoms with Crippen molar-refractivity contribution in [1.29, 1.82) is 0 Å². The quantitative estimate of drug-likeness (QED) is 0.891. The lowest BCUT2D eigenvalue weighted by Gasteiger charge is -2.24. The maximum atomic E-state index is 12.5. The summed E-state index contributed by atoms with van der Waals surface area (Å²) in [6.07, 6.45) is 5.59. The molecule has 1 amide bonds. The number of aromatic nitrogens is 2. The first-order valence-electron chi connectivity index (χ1n) is 7.92. The van der Waals surface area contributed by atoms with E-state index < -0.39 is 10.0 Å². The molecule has 1 aliphatic rings. The molecular formula is C16H20N4O3S. The van der Waals surface area contributed by atoms with Crippen LogP contribution in [0.15, 0.2) is 47.9 Å². The van der Waals surface area contributed by atoms with Gasteiger partial charge in [0.15, 0.2) is 5.03 Å². The Balaban J connectivity index is 1.65. The fraction of sp³-hybridized carbons (Fsp3) is 0.375. The minimum atomic E-state index is -3.57. The molecule has 1 aliphatic heterocycles. The molecule has 0 spiro atoms. The molecule has 2 heterocycles. The summed E-state index contributed by atoms with van der Waals surface area (Å²) < 4.78 is 28.0. The molecule has 3 rings (SSSR count). The van der Waals surface area contributed by atoms with Gasteiger partial charge in [0.2, 0.25) is 5.91 Å². The Morgan fingerprint density at radius 1 is 1.12 bits per heavy atom. The predicted molar refractivity (Wildman–Crippen MR) is 89.9 cm³/mol. The van der Waals surface area contributed by atoms with Crippen LogP contribution in [-0.4, -0.2) is 41.3 Å². The van der Waals surface area contributed by atoms with Gasteiger partial charge in [-0.2, -0.15) is 4.31 Å². The van der Waals surface area contributed by atoms with Crippen LogP contribution in [0.1, 0.15) is 19.3 Å². The number of imidazole rings is 1. The highest BCUT2D eigenvalue weighted by Gasteiger charge is 2.28. The highest BCUT2D eigenvalue weighted by molar-refractivity contribution is 7.89. The predicted octanol–water partition coefficient (Wildman–Crippen LogP) is 1.70. The van der Waals surface area contributed by atoms with Crippen LogP contribution in [0.5, 0.6) is 0 Å². The van der Waals surface area contributed by atoms with Crippen LogP contribution in [0.2, 0.25) is 0 Å². The smallest absolute Gasteiger partial charge is 0.262 e. The summed E-state index contributed by atoms with van der Waals surface area (Å²) in [6.45, 7) is 1.07. The van der Waals surface area contributed by atoms with Crippen molar-refractivity contribution in [3.63, 3.8) is 0 Å². The largest absolute Gasteiger partial charge is 0.327 e. The number of anilines is 1. The SMILES string of the molecule is O=C(Cn1cnc(S(=O)(=O)N2CCCCC2)c1)Nc1ccccc1. The van der Waals surface area contributed by atoms with Gasteiger partial charge in [-0.25, -0.2) is 13.4 Å². The topological polar surface area (TPSA) is 84.3 Å². The van der Waals surface area contributed by atoms with E-state index in [-0.39, 0.29) is 17.5 Å². The number of para-hydroxylation sites is 1. The molecule has 8 heteroatoms. The third kappa shape index (κ3) is 3.82. The second-order valence-corrected chi connectivity index (χ2v) is 7.65. The zero-order chi connectivity index (χ0) is 17.0. The van der Waals surface area contributed by atoms with Gasteiger partial charge in [0, 0.05) is 25.0 Å². The van der Waals surface area contributed by atoms with E-state index in [9.17, 15) is 13.2 Å². The van der Waals surface area contributed by atoms with Crippen LogP contribution >= 0.6 is 0 Å². The molecule has 2 aromatic rings. The number of carbonyl (C=O) groups is 1. The average Bonchev–Trinajstić information content (AvgIpc) is 3.05. The molecule has 0 saturated carbocycles. The summed E-state index contributed by atoms with van der Waals surface area (Å²) >= 11 is 0. The number of nitrogens with one attached hydrogen (secondary N) is 1. The minimum Gasteiger partial charge on any atom is -0.327 e. The molecule has 0 atom stereocenters. The van der Waals surface area contributed by atoms with Crippen LogP contribution in [0.3, 0.4) is 0 Å². The van der Waals surface area contributed by atoms with Crippen molar-refractivity contribution < 1.29 is 13.2 Å². The van der Waals surface area contributed by atoms with E-state index in [0.717, 1.165) is 19.3 Å². The number of carbonyl (C=O) groups excluding carboxylic acids is 1. The molecule has 1 aromatic carbocycles. The summed E-state index contributed by atoms with van der Waals surface area (Å²) in [5, 5.41) is 2.75. The highest BCUT2D eigenvalue weighted by atomic mass is 32.2. The summed E-state index contributed by atoms with van der Waals surface area (Å²) in [6, 6.07) is 9.10. The van der Waals surface area contributed by atoms with E-state index >= 15 is 0 Å². The van der Waals surface area contributed by atoms with E-state index in [1.165, 1.54) is 21.4 Å². The number of benzene rings is 1. The number of hydrogen-bond acceptors (Lipinski definition) is 4. The molecule has 24 heavy (non-hydrogen) atoms. The monoisotopic (exact) mass is 348 g/mol. The van der Waals surface area contributed by atoms with Crippen molar-refractivity contribution in [1.82, 2.24) is 13.9 Å². The Morgan fingerprint density at radius 2 is 1.83 bits per heavy atom. The molecule has 1 N–H and O–H groups in total. The number of amides is 1. The van der Waals surface area contributed by atoms with Crippen LogP contribution < -0.4 is 5.32 Å². The first kappa shape index (κ1) is 16.7. The summed E-state index contributed by atoms with van der Waals surface area (Å²) in [5.41, 5.74) is 0.698. The highest BCUT2D eigenvalue weighted by Crippen LogP contribution is 2.19. The van der Waals surface area contributed by atoms with Crippen molar-refractivity contribution >= 4 is 21.6 Å². The summed E-state index contributed by atoms with van der Waals surface area (Å²) in [4.78, 5) is 16.0. The first-order valence-corrected chi connectivity index (χ1v) is 9.36. The Hall–Kier alpha value is -2.19. The van der Waals surface area contributed by atoms with Crippen molar-refractivity contribution in [3.05, 3.63) is 42.9 Å². The second kappa shape index (κ2) is 7.14. The van der Waals surface area contributed by atoms with Gasteiger partial charge in [0.25, 0.3) is 10.0 Å². The number of piperidine rings is 1. The fourth-order valence-corrected chi connectivity index (χ4v) is 4.14. The zero-order valence-electron chi connectivity index (χ0n) is 13.3. The Kier molecular flexibility index (Phi) is 4.96. The van der Waals surface area contributed by atoms with E-state index in [1.54, 1.807) is 12.1 Å². The molecule has 0 unspecified atom stereocenters. The van der Waals surface area contributed by atoms with Gasteiger partial charge in [-0.15, -0.1) is 0 Å². The van der Waals surface area contributed by atoms with Crippen LogP contribution in [-0.2, 0) is 21.4 Å². The van der Waals surface area contributed by atoms with E-state index in [1.807, 2.05) is 18.2 Å². The number of rotatable bonds is 5. The van der Waals surface area contributed by atoms with Crippen molar-refractivity contribution in [3.8, 4) is 0 Å². The number of nitrogens with zero attached hydrogens (tertiary/aromatic N) is 3. The van der Waals surface area contributed by atoms with Gasteiger partial charge in [0.05, 0.1) is 6.33 Å². The van der Waals surface area contributed by atoms with E-state index in [0.29, 0.717) is 18.8 Å². The van der Waals surface area contributed by atoms with Gasteiger partial charge < -0.3 is 9.88 Å². The van der Waals surface area contributed by atoms with Crippen molar-refractivity contribution in [2.45, 2.75) is 30.8 Å². The Bertz CT molecular complexity index is 796. The maximum absolute atomic E-state index is 12.5. The van der Waals surface area contributed by atoms with Gasteiger partial charge in [0.1, 0.15) is 6.54 Å². The normalized spacial score (nSPS) is 16.0. The van der Waals surface area contributed by atoms with E-state index in [4.69, 9.17) is 0 Å². The lowest BCUT2D eigenvalue weighted by Crippen LogP contribution is -2.35. The fourth-order valence-electron chi connectivity index (χ4n) is 2.68. The van der Waals surface area contributed by atoms with Crippen molar-refractivity contribution in [2.24, 2.45) is 0 Å². The molecule has 1 fully saturated rings. The summed E-state index contributed by atoms with van der Waals surface area (Å²) in [5.74, 6) is -0.236. The zero-order valence-corrected chi connectivity index (χ0v) is 14.1. The van der Waals surface area contributed by atoms with Gasteiger partial charge in [-0.3, -0.25) is 4.79 Å². The number of hydrogen-bond donors (Lipinski definition) is 1. The Morgan fingerprint density at radius 3 is 2.54 bits per heavy atom. The minimum absolute atomic E-state index is 0.00286. The lowest BCUT2D eigenvalue weighted by atomic mass is 10.2. The van der Waals surface area contributed by atoms with Crippen LogP contribution in [0.25, 0.3) is 0 Å². The molecular weight excluding hydrogens is 328 g/mol. The molecule has 0 bridgehead atoms. The van der Waals surface area contributed by atoms with E-state index in [2.05, 4.69) is 10.3 Å². The van der Waals surface area contributed by atoms with Gasteiger partial charge >= 0.3 is 0 Å². The van der Waals surface area contributed by atoms with Crippen LogP contribution in [0, 0.1) is 0 Å². The maximum Gasteiger partial charge on any atom is 0.262 e. The molecule has 128 valence electrons. The standard InChI is InChI=1S/C16H20N4O3S/c21-15(18-14-7-3-1-4-8-14)11-19-12-16(17-13-19)24(22,23)20-9-5-2-6-10-20/h1,3-4,7-8,12-13H,2,5-6,9-11H2,(H,18,21). The van der Waals surface area contributed by atoms with Gasteiger partial charge in [-0.05, 0) is 25.0 Å². The molecule has 0 radical (unpaired) electrons. The molecule has 1 aromatic heterocycles. The van der Waals surface area contributed by atoms with Crippen molar-refractivity contribution in [2.75, 3.05) is 18.4 Å². The second-order valence-electron chi connectivity index (χ2n) is 5.76. The first-order chi connectivity index (χ1) is 11.6. The van der Waals surface area contributed by atoms with Crippen LogP contribution in [0.4, 0.5) is 5.69 Å². The third-order valence-electron chi connectivity index (χ3n) is 3.91. The summed E-state index contributed by atoms with van der Waals surface area (Å²) in [7, 11) is -3.57.